The second kappa shape index (κ2) is 6.57. The van der Waals surface area contributed by atoms with E-state index in [-0.39, 0.29) is 18.3 Å². The molecule has 1 N–H and O–H groups in total. The first kappa shape index (κ1) is 15.8. The normalized spacial score (nSPS) is 10.6. The highest BCUT2D eigenvalue weighted by Crippen LogP contribution is 2.19. The lowest BCUT2D eigenvalue weighted by atomic mass is 10.1. The molecule has 3 aromatic rings. The highest BCUT2D eigenvalue weighted by Gasteiger charge is 2.11. The number of hydrogen-bond acceptors (Lipinski definition) is 4. The summed E-state index contributed by atoms with van der Waals surface area (Å²) < 4.78 is 12.9. The summed E-state index contributed by atoms with van der Waals surface area (Å²) in [5.41, 5.74) is 3.41. The summed E-state index contributed by atoms with van der Waals surface area (Å²) in [6.45, 7) is 3.81. The molecule has 0 unspecified atom stereocenters. The van der Waals surface area contributed by atoms with Crippen LogP contribution in [-0.4, -0.2) is 26.1 Å². The number of nitrogens with one attached hydrogen (secondary N) is 1. The van der Waals surface area contributed by atoms with Crippen LogP contribution in [-0.2, 0) is 11.3 Å². The molecule has 122 valence electrons. The van der Waals surface area contributed by atoms with Crippen LogP contribution in [0.2, 0.25) is 0 Å². The molecule has 0 atom stereocenters. The van der Waals surface area contributed by atoms with Gasteiger partial charge in [0.2, 0.25) is 11.7 Å². The molecular formula is C17H16FN5O. The van der Waals surface area contributed by atoms with Crippen LogP contribution in [0.4, 0.5) is 10.1 Å². The molecule has 6 nitrogen and oxygen atoms in total. The smallest absolute Gasteiger partial charge is 0.248 e. The number of aryl methyl sites for hydroxylation is 2. The van der Waals surface area contributed by atoms with Crippen molar-refractivity contribution in [2.24, 2.45) is 0 Å². The van der Waals surface area contributed by atoms with Gasteiger partial charge in [0.25, 0.3) is 0 Å². The molecule has 7 heteroatoms. The van der Waals surface area contributed by atoms with Gasteiger partial charge in [-0.05, 0) is 54.5 Å². The van der Waals surface area contributed by atoms with Crippen LogP contribution in [0.3, 0.4) is 0 Å². The predicted molar refractivity (Wildman–Crippen MR) is 87.8 cm³/mol. The SMILES string of the molecule is Cc1cccc(C)c1NC(=O)Cn1nnc(-c2ccc(F)cc2)n1. The Bertz CT molecular complexity index is 853. The van der Waals surface area contributed by atoms with E-state index < -0.39 is 0 Å². The van der Waals surface area contributed by atoms with Gasteiger partial charge >= 0.3 is 0 Å². The molecule has 0 aliphatic heterocycles. The van der Waals surface area contributed by atoms with E-state index in [4.69, 9.17) is 0 Å². The van der Waals surface area contributed by atoms with Gasteiger partial charge in [-0.25, -0.2) is 4.39 Å². The molecule has 0 aliphatic rings. The highest BCUT2D eigenvalue weighted by molar-refractivity contribution is 5.92. The molecule has 0 aliphatic carbocycles. The summed E-state index contributed by atoms with van der Waals surface area (Å²) in [5, 5.41) is 14.8. The molecule has 0 spiro atoms. The number of nitrogens with zero attached hydrogens (tertiary/aromatic N) is 4. The number of benzene rings is 2. The molecule has 2 aromatic carbocycles. The maximum absolute atomic E-state index is 12.9. The number of halogens is 1. The molecule has 0 saturated carbocycles. The highest BCUT2D eigenvalue weighted by atomic mass is 19.1. The summed E-state index contributed by atoms with van der Waals surface area (Å²) >= 11 is 0. The second-order valence-electron chi connectivity index (χ2n) is 5.47. The Balaban J connectivity index is 1.70. The number of amides is 1. The first-order valence-corrected chi connectivity index (χ1v) is 7.43. The first-order valence-electron chi connectivity index (χ1n) is 7.43. The van der Waals surface area contributed by atoms with E-state index in [9.17, 15) is 9.18 Å². The van der Waals surface area contributed by atoms with Gasteiger partial charge in [-0.1, -0.05) is 18.2 Å². The zero-order valence-corrected chi connectivity index (χ0v) is 13.3. The molecular weight excluding hydrogens is 309 g/mol. The lowest BCUT2D eigenvalue weighted by Crippen LogP contribution is -2.21. The lowest BCUT2D eigenvalue weighted by molar-refractivity contribution is -0.117. The molecule has 0 saturated heterocycles. The minimum Gasteiger partial charge on any atom is -0.324 e. The summed E-state index contributed by atoms with van der Waals surface area (Å²) in [6, 6.07) is 11.6. The third kappa shape index (κ3) is 3.45. The van der Waals surface area contributed by atoms with Crippen molar-refractivity contribution in [3.63, 3.8) is 0 Å². The molecule has 0 bridgehead atoms. The monoisotopic (exact) mass is 325 g/mol. The van der Waals surface area contributed by atoms with Crippen LogP contribution in [0, 0.1) is 19.7 Å². The van der Waals surface area contributed by atoms with Crippen LogP contribution < -0.4 is 5.32 Å². The Morgan fingerprint density at radius 2 is 1.79 bits per heavy atom. The van der Waals surface area contributed by atoms with E-state index in [1.54, 1.807) is 12.1 Å². The van der Waals surface area contributed by atoms with E-state index in [0.717, 1.165) is 16.8 Å². The largest absolute Gasteiger partial charge is 0.324 e. The van der Waals surface area contributed by atoms with Crippen molar-refractivity contribution in [3.8, 4) is 11.4 Å². The molecule has 0 radical (unpaired) electrons. The van der Waals surface area contributed by atoms with E-state index in [1.807, 2.05) is 32.0 Å². The number of hydrogen-bond donors (Lipinski definition) is 1. The number of carbonyl (C=O) groups excluding carboxylic acids is 1. The van der Waals surface area contributed by atoms with Crippen LogP contribution in [0.15, 0.2) is 42.5 Å². The van der Waals surface area contributed by atoms with Gasteiger partial charge in [-0.3, -0.25) is 4.79 Å². The maximum atomic E-state index is 12.9. The number of aromatic nitrogens is 4. The standard InChI is InChI=1S/C17H16FN5O/c1-11-4-3-5-12(2)16(11)19-15(24)10-23-21-17(20-22-23)13-6-8-14(18)9-7-13/h3-9H,10H2,1-2H3,(H,19,24). The van der Waals surface area contributed by atoms with E-state index in [2.05, 4.69) is 20.7 Å². The van der Waals surface area contributed by atoms with Crippen molar-refractivity contribution >= 4 is 11.6 Å². The Labute approximate surface area is 138 Å². The van der Waals surface area contributed by atoms with Gasteiger partial charge in [0, 0.05) is 11.3 Å². The lowest BCUT2D eigenvalue weighted by Gasteiger charge is -2.10. The maximum Gasteiger partial charge on any atom is 0.248 e. The van der Waals surface area contributed by atoms with Crippen molar-refractivity contribution in [1.29, 1.82) is 0 Å². The molecule has 1 heterocycles. The summed E-state index contributed by atoms with van der Waals surface area (Å²) in [5.74, 6) is -0.232. The topological polar surface area (TPSA) is 72.7 Å². The van der Waals surface area contributed by atoms with Crippen LogP contribution in [0.25, 0.3) is 11.4 Å². The number of anilines is 1. The van der Waals surface area contributed by atoms with Crippen molar-refractivity contribution in [2.45, 2.75) is 20.4 Å². The predicted octanol–water partition coefficient (Wildman–Crippen LogP) is 2.73. The minimum atomic E-state index is -0.334. The Hall–Kier alpha value is -3.09. The molecule has 24 heavy (non-hydrogen) atoms. The zero-order chi connectivity index (χ0) is 17.1. The molecule has 1 amide bonds. The van der Waals surface area contributed by atoms with Crippen LogP contribution in [0.5, 0.6) is 0 Å². The fourth-order valence-electron chi connectivity index (χ4n) is 2.34. The van der Waals surface area contributed by atoms with Crippen LogP contribution >= 0.6 is 0 Å². The van der Waals surface area contributed by atoms with Crippen molar-refractivity contribution in [1.82, 2.24) is 20.2 Å². The Kier molecular flexibility index (Phi) is 4.33. The van der Waals surface area contributed by atoms with Crippen molar-refractivity contribution in [3.05, 3.63) is 59.4 Å². The average molecular weight is 325 g/mol. The van der Waals surface area contributed by atoms with Gasteiger partial charge in [0.1, 0.15) is 12.4 Å². The fourth-order valence-corrected chi connectivity index (χ4v) is 2.34. The first-order chi connectivity index (χ1) is 11.5. The third-order valence-corrected chi connectivity index (χ3v) is 3.59. The van der Waals surface area contributed by atoms with Gasteiger partial charge in [-0.15, -0.1) is 10.2 Å². The van der Waals surface area contributed by atoms with Crippen molar-refractivity contribution in [2.75, 3.05) is 5.32 Å². The van der Waals surface area contributed by atoms with E-state index in [1.165, 1.54) is 16.9 Å². The molecule has 0 fully saturated rings. The number of rotatable bonds is 4. The van der Waals surface area contributed by atoms with Gasteiger partial charge in [0.05, 0.1) is 0 Å². The van der Waals surface area contributed by atoms with Crippen LogP contribution in [0.1, 0.15) is 11.1 Å². The quantitative estimate of drug-likeness (QED) is 0.800. The Morgan fingerprint density at radius 1 is 1.12 bits per heavy atom. The fraction of sp³-hybridized carbons (Fsp3) is 0.176. The van der Waals surface area contributed by atoms with Gasteiger partial charge in [-0.2, -0.15) is 4.80 Å². The number of tetrazole rings is 1. The molecule has 3 rings (SSSR count). The van der Waals surface area contributed by atoms with Gasteiger partial charge < -0.3 is 5.32 Å². The number of para-hydroxylation sites is 1. The number of carbonyl (C=O) groups is 1. The zero-order valence-electron chi connectivity index (χ0n) is 13.3. The average Bonchev–Trinajstić information content (AvgIpc) is 3.00. The summed E-state index contributed by atoms with van der Waals surface area (Å²) in [6.07, 6.45) is 0. The van der Waals surface area contributed by atoms with Crippen molar-refractivity contribution < 1.29 is 9.18 Å². The summed E-state index contributed by atoms with van der Waals surface area (Å²) in [4.78, 5) is 13.4. The van der Waals surface area contributed by atoms with E-state index >= 15 is 0 Å². The second-order valence-corrected chi connectivity index (χ2v) is 5.47. The minimum absolute atomic E-state index is 0.0536. The molecule has 1 aromatic heterocycles. The summed E-state index contributed by atoms with van der Waals surface area (Å²) in [7, 11) is 0. The van der Waals surface area contributed by atoms with E-state index in [0.29, 0.717) is 11.4 Å². The Morgan fingerprint density at radius 3 is 2.46 bits per heavy atom. The van der Waals surface area contributed by atoms with Gasteiger partial charge in [0.15, 0.2) is 0 Å². The third-order valence-electron chi connectivity index (χ3n) is 3.59.